The zero-order valence-electron chi connectivity index (χ0n) is 17.2. The van der Waals surface area contributed by atoms with Crippen LogP contribution in [0, 0.1) is 19.8 Å². The van der Waals surface area contributed by atoms with Crippen molar-refractivity contribution in [1.29, 1.82) is 0 Å². The van der Waals surface area contributed by atoms with Crippen LogP contribution in [0.3, 0.4) is 0 Å². The molecule has 2 aromatic heterocycles. The van der Waals surface area contributed by atoms with Crippen LogP contribution in [-0.4, -0.2) is 43.7 Å². The molecule has 3 aliphatic rings. The third-order valence-corrected chi connectivity index (χ3v) is 6.31. The van der Waals surface area contributed by atoms with Crippen LogP contribution in [0.15, 0.2) is 41.4 Å². The fourth-order valence-corrected chi connectivity index (χ4v) is 4.92. The number of aromatic nitrogens is 5. The number of anilines is 1. The molecule has 0 bridgehead atoms. The van der Waals surface area contributed by atoms with Gasteiger partial charge >= 0.3 is 0 Å². The summed E-state index contributed by atoms with van der Waals surface area (Å²) in [6, 6.07) is 8.39. The van der Waals surface area contributed by atoms with Crippen LogP contribution in [0.4, 0.5) is 5.95 Å². The lowest BCUT2D eigenvalue weighted by Crippen LogP contribution is -2.60. The molecule has 0 amide bonds. The number of guanidine groups is 1. The van der Waals surface area contributed by atoms with E-state index in [9.17, 15) is 0 Å². The highest BCUT2D eigenvalue weighted by atomic mass is 15.7. The first-order valence-electron chi connectivity index (χ1n) is 10.5. The molecule has 0 fully saturated rings. The van der Waals surface area contributed by atoms with Gasteiger partial charge in [0.15, 0.2) is 0 Å². The summed E-state index contributed by atoms with van der Waals surface area (Å²) in [6.45, 7) is 5.12. The van der Waals surface area contributed by atoms with Gasteiger partial charge < -0.3 is 5.32 Å². The van der Waals surface area contributed by atoms with E-state index in [0.29, 0.717) is 19.3 Å². The lowest BCUT2D eigenvalue weighted by atomic mass is 9.91. The van der Waals surface area contributed by atoms with Crippen LogP contribution < -0.4 is 15.2 Å². The molecule has 1 N–H and O–H groups in total. The Morgan fingerprint density at radius 1 is 1.07 bits per heavy atom. The van der Waals surface area contributed by atoms with Gasteiger partial charge in [-0.05, 0) is 45.2 Å². The molecular weight excluding hydrogens is 378 g/mol. The number of allylic oxidation sites excluding steroid dienone is 2. The second kappa shape index (κ2) is 6.58. The highest BCUT2D eigenvalue weighted by Crippen LogP contribution is 2.37. The van der Waals surface area contributed by atoms with Crippen LogP contribution in [0.5, 0.6) is 0 Å². The molecule has 0 saturated carbocycles. The largest absolute Gasteiger partial charge is 0.335 e. The summed E-state index contributed by atoms with van der Waals surface area (Å²) in [5, 5.41) is 14.3. The Balaban J connectivity index is 1.46. The van der Waals surface area contributed by atoms with Gasteiger partial charge in [-0.3, -0.25) is 14.5 Å². The summed E-state index contributed by atoms with van der Waals surface area (Å²) >= 11 is 0. The number of benzene rings is 1. The van der Waals surface area contributed by atoms with Gasteiger partial charge in [0, 0.05) is 5.92 Å². The van der Waals surface area contributed by atoms with Gasteiger partial charge in [-0.15, -0.1) is 10.2 Å². The molecule has 154 valence electrons. The number of nitrogens with one attached hydrogen (secondary N) is 1. The molecule has 30 heavy (non-hydrogen) atoms. The van der Waals surface area contributed by atoms with Crippen LogP contribution in [0.2, 0.25) is 0 Å². The first kappa shape index (κ1) is 17.5. The minimum Gasteiger partial charge on any atom is -0.335 e. The molecule has 9 nitrogen and oxygen atoms in total. The maximum atomic E-state index is 5.03. The monoisotopic (exact) mass is 403 g/mol. The number of fused-ring (bicyclic) bond motifs is 5. The van der Waals surface area contributed by atoms with Crippen molar-refractivity contribution in [2.24, 2.45) is 10.9 Å². The van der Waals surface area contributed by atoms with E-state index in [-0.39, 0.29) is 6.17 Å². The summed E-state index contributed by atoms with van der Waals surface area (Å²) < 4.78 is 4.40. The number of imidazole rings is 1. The van der Waals surface area contributed by atoms with Crippen molar-refractivity contribution in [3.8, 4) is 0 Å². The Kier molecular flexibility index (Phi) is 3.84. The van der Waals surface area contributed by atoms with Crippen LogP contribution in [0.25, 0.3) is 11.0 Å². The molecule has 0 spiro atoms. The first-order valence-corrected chi connectivity index (χ1v) is 10.5. The number of aryl methyl sites for hydroxylation is 2. The molecular formula is C21H25N9. The number of hydrogen-bond donors (Lipinski definition) is 1. The summed E-state index contributed by atoms with van der Waals surface area (Å²) in [5.41, 5.74) is 2.17. The Hall–Kier alpha value is -3.36. The Bertz CT molecular complexity index is 1150. The van der Waals surface area contributed by atoms with E-state index in [1.165, 1.54) is 6.42 Å². The van der Waals surface area contributed by atoms with Gasteiger partial charge in [-0.25, -0.2) is 14.7 Å². The molecule has 1 aliphatic carbocycles. The van der Waals surface area contributed by atoms with E-state index < -0.39 is 0 Å². The smallest absolute Gasteiger partial charge is 0.216 e. The van der Waals surface area contributed by atoms with Gasteiger partial charge in [0.1, 0.15) is 31.2 Å². The van der Waals surface area contributed by atoms with E-state index in [4.69, 9.17) is 9.98 Å². The van der Waals surface area contributed by atoms with E-state index >= 15 is 0 Å². The molecule has 2 aliphatic heterocycles. The van der Waals surface area contributed by atoms with Crippen molar-refractivity contribution in [1.82, 2.24) is 29.7 Å². The van der Waals surface area contributed by atoms with E-state index in [1.54, 1.807) is 0 Å². The minimum absolute atomic E-state index is 0.150. The van der Waals surface area contributed by atoms with Gasteiger partial charge in [-0.1, -0.05) is 24.3 Å². The number of para-hydroxylation sites is 2. The van der Waals surface area contributed by atoms with Crippen LogP contribution in [0.1, 0.15) is 37.1 Å². The van der Waals surface area contributed by atoms with Gasteiger partial charge in [0.05, 0.1) is 11.0 Å². The Labute approximate surface area is 174 Å². The van der Waals surface area contributed by atoms with Gasteiger partial charge in [-0.2, -0.15) is 0 Å². The first-order chi connectivity index (χ1) is 14.7. The fourth-order valence-electron chi connectivity index (χ4n) is 4.92. The van der Waals surface area contributed by atoms with E-state index in [1.807, 2.05) is 18.5 Å². The van der Waals surface area contributed by atoms with Crippen molar-refractivity contribution in [3.63, 3.8) is 0 Å². The summed E-state index contributed by atoms with van der Waals surface area (Å²) in [4.78, 5) is 12.1. The Morgan fingerprint density at radius 2 is 1.90 bits per heavy atom. The fraction of sp³-hybridized carbons (Fsp3) is 0.429. The molecule has 3 aromatic rings. The van der Waals surface area contributed by atoms with Crippen molar-refractivity contribution in [2.45, 2.75) is 39.3 Å². The number of nitrogens with zero attached hydrogens (tertiary/aromatic N) is 8. The van der Waals surface area contributed by atoms with Crippen molar-refractivity contribution in [3.05, 3.63) is 48.1 Å². The van der Waals surface area contributed by atoms with Crippen molar-refractivity contribution < 1.29 is 0 Å². The summed E-state index contributed by atoms with van der Waals surface area (Å²) in [7, 11) is 0. The highest BCUT2D eigenvalue weighted by Gasteiger charge is 2.38. The van der Waals surface area contributed by atoms with E-state index in [2.05, 4.69) is 66.4 Å². The predicted molar refractivity (Wildman–Crippen MR) is 116 cm³/mol. The summed E-state index contributed by atoms with van der Waals surface area (Å²) in [5.74, 6) is 4.07. The molecule has 0 radical (unpaired) electrons. The molecule has 1 aromatic carbocycles. The van der Waals surface area contributed by atoms with Crippen molar-refractivity contribution >= 4 is 22.9 Å². The third-order valence-electron chi connectivity index (χ3n) is 6.31. The molecule has 0 unspecified atom stereocenters. The summed E-state index contributed by atoms with van der Waals surface area (Å²) in [6.07, 6.45) is 8.11. The van der Waals surface area contributed by atoms with Gasteiger partial charge in [0.25, 0.3) is 0 Å². The SMILES string of the molecule is Cc1nnc(C)n1N1CN=C2N[C@H]([C@H]3CC=CCC3)n3c(nc4ccccc43)N2C1. The second-order valence-electron chi connectivity index (χ2n) is 8.21. The maximum absolute atomic E-state index is 5.03. The molecule has 0 saturated heterocycles. The third kappa shape index (κ3) is 2.54. The standard InChI is InChI=1S/C21H25N9/c1-14-25-26-15(2)30(14)27-12-22-20-24-19(16-8-4-3-5-9-16)29-18-11-7-6-10-17(18)23-21(29)28(20)13-27/h3-4,6-7,10-11,16,19H,5,8-9,12-13H2,1-2H3,(H,22,24)/t16-,19-/m0/s1. The van der Waals surface area contributed by atoms with Gasteiger partial charge in [0.2, 0.25) is 11.9 Å². The zero-order valence-corrected chi connectivity index (χ0v) is 17.2. The highest BCUT2D eigenvalue weighted by molar-refractivity contribution is 5.99. The average Bonchev–Trinajstić information content (AvgIpc) is 3.33. The Morgan fingerprint density at radius 3 is 2.70 bits per heavy atom. The molecule has 6 rings (SSSR count). The number of rotatable bonds is 2. The van der Waals surface area contributed by atoms with E-state index in [0.717, 1.165) is 47.4 Å². The topological polar surface area (TPSA) is 79.4 Å². The van der Waals surface area contributed by atoms with Crippen LogP contribution >= 0.6 is 0 Å². The lowest BCUT2D eigenvalue weighted by Gasteiger charge is -2.44. The number of aliphatic imine (C=N–C) groups is 1. The predicted octanol–water partition coefficient (Wildman–Crippen LogP) is 2.43. The lowest BCUT2D eigenvalue weighted by molar-refractivity contribution is 0.282. The normalized spacial score (nSPS) is 23.2. The zero-order chi connectivity index (χ0) is 20.2. The average molecular weight is 403 g/mol. The molecule has 4 heterocycles. The maximum Gasteiger partial charge on any atom is 0.216 e. The second-order valence-corrected chi connectivity index (χ2v) is 8.21. The quantitative estimate of drug-likeness (QED) is 0.662. The number of hydrogen-bond acceptors (Lipinski definition) is 7. The van der Waals surface area contributed by atoms with Crippen LogP contribution in [-0.2, 0) is 0 Å². The minimum atomic E-state index is 0.150. The molecule has 2 atom stereocenters. The van der Waals surface area contributed by atoms with Crippen molar-refractivity contribution in [2.75, 3.05) is 23.2 Å². The molecule has 9 heteroatoms.